The minimum atomic E-state index is -2.14. The van der Waals surface area contributed by atoms with Crippen molar-refractivity contribution in [1.29, 1.82) is 0 Å². The SMILES string of the molecule is O=C(NCc1cc(F)cc(Cl)c1)O[C@@]1(O)CCN(C2CCCCC2)C1=O. The second-order valence-electron chi connectivity index (χ2n) is 6.85. The van der Waals surface area contributed by atoms with Crippen LogP contribution in [-0.2, 0) is 16.1 Å². The number of amides is 2. The lowest BCUT2D eigenvalue weighted by molar-refractivity contribution is -0.183. The minimum Gasteiger partial charge on any atom is -0.407 e. The molecule has 0 unspecified atom stereocenters. The summed E-state index contributed by atoms with van der Waals surface area (Å²) in [6, 6.07) is 3.99. The molecule has 1 atom stereocenters. The van der Waals surface area contributed by atoms with Gasteiger partial charge in [-0.1, -0.05) is 30.9 Å². The Bertz CT molecular complexity index is 676. The monoisotopic (exact) mass is 384 g/mol. The van der Waals surface area contributed by atoms with Gasteiger partial charge in [-0.2, -0.15) is 0 Å². The summed E-state index contributed by atoms with van der Waals surface area (Å²) in [5.74, 6) is -3.22. The molecule has 26 heavy (non-hydrogen) atoms. The van der Waals surface area contributed by atoms with Crippen LogP contribution in [0.5, 0.6) is 0 Å². The number of nitrogens with one attached hydrogen (secondary N) is 1. The molecule has 1 aliphatic carbocycles. The molecule has 3 rings (SSSR count). The lowest BCUT2D eigenvalue weighted by Crippen LogP contribution is -2.48. The zero-order valence-electron chi connectivity index (χ0n) is 14.3. The van der Waals surface area contributed by atoms with Crippen molar-refractivity contribution in [2.45, 2.75) is 56.9 Å². The fraction of sp³-hybridized carbons (Fsp3) is 0.556. The number of carbonyl (C=O) groups is 2. The van der Waals surface area contributed by atoms with Crippen molar-refractivity contribution in [1.82, 2.24) is 10.2 Å². The first-order valence-corrected chi connectivity index (χ1v) is 9.20. The molecular weight excluding hydrogens is 363 g/mol. The van der Waals surface area contributed by atoms with E-state index in [4.69, 9.17) is 16.3 Å². The van der Waals surface area contributed by atoms with Crippen LogP contribution >= 0.6 is 11.6 Å². The Morgan fingerprint density at radius 2 is 2.08 bits per heavy atom. The summed E-state index contributed by atoms with van der Waals surface area (Å²) in [4.78, 5) is 26.1. The molecule has 8 heteroatoms. The van der Waals surface area contributed by atoms with E-state index in [0.29, 0.717) is 12.1 Å². The average molecular weight is 385 g/mol. The highest BCUT2D eigenvalue weighted by Crippen LogP contribution is 2.31. The molecule has 1 saturated carbocycles. The molecule has 6 nitrogen and oxygen atoms in total. The Balaban J connectivity index is 1.55. The van der Waals surface area contributed by atoms with Crippen LogP contribution < -0.4 is 5.32 Å². The van der Waals surface area contributed by atoms with E-state index in [2.05, 4.69) is 5.32 Å². The molecule has 2 amide bonds. The van der Waals surface area contributed by atoms with Crippen molar-refractivity contribution in [3.63, 3.8) is 0 Å². The summed E-state index contributed by atoms with van der Waals surface area (Å²) >= 11 is 5.76. The van der Waals surface area contributed by atoms with Gasteiger partial charge in [0.1, 0.15) is 5.82 Å². The van der Waals surface area contributed by atoms with Gasteiger partial charge in [-0.3, -0.25) is 4.79 Å². The van der Waals surface area contributed by atoms with E-state index in [-0.39, 0.29) is 24.0 Å². The van der Waals surface area contributed by atoms with Crippen LogP contribution in [0.1, 0.15) is 44.1 Å². The molecule has 0 aromatic heterocycles. The van der Waals surface area contributed by atoms with E-state index in [1.54, 1.807) is 4.90 Å². The zero-order chi connectivity index (χ0) is 18.7. The number of benzene rings is 1. The summed E-state index contributed by atoms with van der Waals surface area (Å²) in [5.41, 5.74) is 0.445. The van der Waals surface area contributed by atoms with Crippen LogP contribution in [-0.4, -0.2) is 40.4 Å². The molecule has 1 saturated heterocycles. The van der Waals surface area contributed by atoms with Crippen molar-refractivity contribution in [2.24, 2.45) is 0 Å². The number of alkyl carbamates (subject to hydrolysis) is 1. The predicted octanol–water partition coefficient (Wildman–Crippen LogP) is 2.96. The van der Waals surface area contributed by atoms with Gasteiger partial charge in [0.15, 0.2) is 0 Å². The summed E-state index contributed by atoms with van der Waals surface area (Å²) in [6.45, 7) is 0.333. The highest BCUT2D eigenvalue weighted by atomic mass is 35.5. The van der Waals surface area contributed by atoms with Gasteiger partial charge in [-0.05, 0) is 36.6 Å². The highest BCUT2D eigenvalue weighted by molar-refractivity contribution is 6.30. The third kappa shape index (κ3) is 4.27. The second kappa shape index (κ2) is 7.80. The molecule has 1 aromatic rings. The summed E-state index contributed by atoms with van der Waals surface area (Å²) < 4.78 is 18.3. The molecular formula is C18H22ClFN2O4. The first-order chi connectivity index (χ1) is 12.4. The normalized spacial score (nSPS) is 24.0. The number of hydrogen-bond donors (Lipinski definition) is 2. The molecule has 0 bridgehead atoms. The lowest BCUT2D eigenvalue weighted by Gasteiger charge is -2.31. The van der Waals surface area contributed by atoms with Gasteiger partial charge in [0.2, 0.25) is 0 Å². The van der Waals surface area contributed by atoms with Crippen molar-refractivity contribution in [2.75, 3.05) is 6.54 Å². The van der Waals surface area contributed by atoms with E-state index in [9.17, 15) is 19.1 Å². The Labute approximate surface area is 156 Å². The number of nitrogens with zero attached hydrogens (tertiary/aromatic N) is 1. The van der Waals surface area contributed by atoms with Gasteiger partial charge < -0.3 is 20.1 Å². The predicted molar refractivity (Wildman–Crippen MR) is 92.9 cm³/mol. The van der Waals surface area contributed by atoms with Crippen molar-refractivity contribution in [3.05, 3.63) is 34.6 Å². The number of hydrogen-bond acceptors (Lipinski definition) is 4. The smallest absolute Gasteiger partial charge is 0.407 e. The maximum absolute atomic E-state index is 13.3. The topological polar surface area (TPSA) is 78.9 Å². The second-order valence-corrected chi connectivity index (χ2v) is 7.28. The van der Waals surface area contributed by atoms with Crippen LogP contribution in [0.15, 0.2) is 18.2 Å². The van der Waals surface area contributed by atoms with E-state index in [0.717, 1.165) is 38.2 Å². The van der Waals surface area contributed by atoms with E-state index >= 15 is 0 Å². The third-order valence-electron chi connectivity index (χ3n) is 4.92. The van der Waals surface area contributed by atoms with Crippen LogP contribution in [0.4, 0.5) is 9.18 Å². The largest absolute Gasteiger partial charge is 0.410 e. The number of likely N-dealkylation sites (tertiary alicyclic amines) is 1. The van der Waals surface area contributed by atoms with Gasteiger partial charge in [0, 0.05) is 30.6 Å². The molecule has 1 heterocycles. The lowest BCUT2D eigenvalue weighted by atomic mass is 9.94. The number of aliphatic hydroxyl groups is 1. The first-order valence-electron chi connectivity index (χ1n) is 8.83. The fourth-order valence-electron chi connectivity index (χ4n) is 3.62. The van der Waals surface area contributed by atoms with Gasteiger partial charge in [-0.25, -0.2) is 9.18 Å². The van der Waals surface area contributed by atoms with Crippen molar-refractivity contribution < 1.29 is 23.8 Å². The Morgan fingerprint density at radius 1 is 1.35 bits per heavy atom. The van der Waals surface area contributed by atoms with Crippen LogP contribution in [0, 0.1) is 5.82 Å². The number of halogens is 2. The van der Waals surface area contributed by atoms with E-state index in [1.165, 1.54) is 12.1 Å². The van der Waals surface area contributed by atoms with Gasteiger partial charge >= 0.3 is 6.09 Å². The maximum atomic E-state index is 13.3. The Hall–Kier alpha value is -1.86. The minimum absolute atomic E-state index is 0.0348. The summed E-state index contributed by atoms with van der Waals surface area (Å²) in [5, 5.41) is 13.1. The Kier molecular flexibility index (Phi) is 5.67. The fourth-order valence-corrected chi connectivity index (χ4v) is 3.86. The molecule has 2 N–H and O–H groups in total. The molecule has 0 radical (unpaired) electrons. The highest BCUT2D eigenvalue weighted by Gasteiger charge is 2.50. The number of ether oxygens (including phenoxy) is 1. The number of carbonyl (C=O) groups excluding carboxylic acids is 2. The molecule has 142 valence electrons. The standard InChI is InChI=1S/C18H22ClFN2O4/c19-13-8-12(9-14(20)10-13)11-21-17(24)26-18(25)6-7-22(16(18)23)15-4-2-1-3-5-15/h8-10,15,25H,1-7,11H2,(H,21,24)/t18-/m0/s1. The molecule has 0 spiro atoms. The van der Waals surface area contributed by atoms with Crippen LogP contribution in [0.3, 0.4) is 0 Å². The molecule has 1 aromatic carbocycles. The van der Waals surface area contributed by atoms with Gasteiger partial charge in [0.05, 0.1) is 0 Å². The van der Waals surface area contributed by atoms with Crippen molar-refractivity contribution in [3.8, 4) is 0 Å². The van der Waals surface area contributed by atoms with Gasteiger partial charge in [-0.15, -0.1) is 0 Å². The Morgan fingerprint density at radius 3 is 2.77 bits per heavy atom. The van der Waals surface area contributed by atoms with E-state index in [1.807, 2.05) is 0 Å². The summed E-state index contributed by atoms with van der Waals surface area (Å²) in [6.07, 6.45) is 4.21. The average Bonchev–Trinajstić information content (AvgIpc) is 2.88. The van der Waals surface area contributed by atoms with Crippen molar-refractivity contribution >= 4 is 23.6 Å². The third-order valence-corrected chi connectivity index (χ3v) is 5.14. The van der Waals surface area contributed by atoms with Crippen LogP contribution in [0.2, 0.25) is 5.02 Å². The first kappa shape index (κ1) is 18.9. The van der Waals surface area contributed by atoms with Gasteiger partial charge in [0.25, 0.3) is 11.7 Å². The number of rotatable bonds is 4. The van der Waals surface area contributed by atoms with Crippen LogP contribution in [0.25, 0.3) is 0 Å². The van der Waals surface area contributed by atoms with E-state index < -0.39 is 23.6 Å². The maximum Gasteiger partial charge on any atom is 0.410 e. The zero-order valence-corrected chi connectivity index (χ0v) is 15.1. The molecule has 2 fully saturated rings. The molecule has 1 aliphatic heterocycles. The summed E-state index contributed by atoms with van der Waals surface area (Å²) in [7, 11) is 0. The molecule has 2 aliphatic rings. The quantitative estimate of drug-likeness (QED) is 0.782.